The van der Waals surface area contributed by atoms with Gasteiger partial charge in [-0.15, -0.1) is 0 Å². The van der Waals surface area contributed by atoms with Crippen LogP contribution in [0.5, 0.6) is 0 Å². The summed E-state index contributed by atoms with van der Waals surface area (Å²) >= 11 is 0. The fraction of sp³-hybridized carbons (Fsp3) is 0.500. The van der Waals surface area contributed by atoms with Crippen LogP contribution in [-0.4, -0.2) is 9.55 Å². The summed E-state index contributed by atoms with van der Waals surface area (Å²) in [5, 5.41) is 0. The SMILES string of the molecule is CCC(CC)c1nc2cc(CN)ccc2n1C. The highest BCUT2D eigenvalue weighted by atomic mass is 15.1. The van der Waals surface area contributed by atoms with Crippen molar-refractivity contribution in [1.82, 2.24) is 9.55 Å². The van der Waals surface area contributed by atoms with Gasteiger partial charge in [-0.25, -0.2) is 4.98 Å². The van der Waals surface area contributed by atoms with Crippen molar-refractivity contribution in [3.8, 4) is 0 Å². The summed E-state index contributed by atoms with van der Waals surface area (Å²) in [5.41, 5.74) is 9.07. The Morgan fingerprint density at radius 1 is 1.29 bits per heavy atom. The van der Waals surface area contributed by atoms with Gasteiger partial charge in [-0.3, -0.25) is 0 Å². The average molecular weight is 231 g/mol. The van der Waals surface area contributed by atoms with Crippen LogP contribution in [-0.2, 0) is 13.6 Å². The van der Waals surface area contributed by atoms with E-state index in [0.29, 0.717) is 12.5 Å². The van der Waals surface area contributed by atoms with Gasteiger partial charge in [0.15, 0.2) is 0 Å². The van der Waals surface area contributed by atoms with Crippen LogP contribution in [0.25, 0.3) is 11.0 Å². The van der Waals surface area contributed by atoms with Crippen LogP contribution in [0.1, 0.15) is 44.0 Å². The van der Waals surface area contributed by atoms with Crippen LogP contribution < -0.4 is 5.73 Å². The van der Waals surface area contributed by atoms with Crippen LogP contribution >= 0.6 is 0 Å². The van der Waals surface area contributed by atoms with Gasteiger partial charge in [-0.1, -0.05) is 19.9 Å². The summed E-state index contributed by atoms with van der Waals surface area (Å²) in [4.78, 5) is 4.77. The maximum absolute atomic E-state index is 5.66. The molecule has 1 aromatic carbocycles. The number of benzene rings is 1. The van der Waals surface area contributed by atoms with E-state index in [0.717, 1.165) is 23.9 Å². The van der Waals surface area contributed by atoms with Crippen molar-refractivity contribution < 1.29 is 0 Å². The van der Waals surface area contributed by atoms with Gasteiger partial charge in [-0.05, 0) is 30.5 Å². The van der Waals surface area contributed by atoms with Crippen molar-refractivity contribution in [2.75, 3.05) is 0 Å². The van der Waals surface area contributed by atoms with Gasteiger partial charge < -0.3 is 10.3 Å². The molecule has 0 spiro atoms. The summed E-state index contributed by atoms with van der Waals surface area (Å²) in [6, 6.07) is 6.30. The predicted octanol–water partition coefficient (Wildman–Crippen LogP) is 2.94. The molecule has 0 saturated heterocycles. The van der Waals surface area contributed by atoms with Gasteiger partial charge >= 0.3 is 0 Å². The van der Waals surface area contributed by atoms with E-state index >= 15 is 0 Å². The Hall–Kier alpha value is -1.35. The van der Waals surface area contributed by atoms with Gasteiger partial charge in [0.2, 0.25) is 0 Å². The molecule has 3 heteroatoms. The number of aryl methyl sites for hydroxylation is 1. The Morgan fingerprint density at radius 3 is 2.59 bits per heavy atom. The molecule has 0 aliphatic rings. The molecule has 1 heterocycles. The molecule has 1 aromatic heterocycles. The standard InChI is InChI=1S/C14H21N3/c1-4-11(5-2)14-16-12-8-10(9-15)6-7-13(12)17(14)3/h6-8,11H,4-5,9,15H2,1-3H3. The molecule has 2 aromatic rings. The summed E-state index contributed by atoms with van der Waals surface area (Å²) < 4.78 is 2.22. The number of imidazole rings is 1. The first-order valence-corrected chi connectivity index (χ1v) is 6.36. The van der Waals surface area contributed by atoms with E-state index in [1.807, 2.05) is 0 Å². The van der Waals surface area contributed by atoms with Gasteiger partial charge in [0.1, 0.15) is 5.82 Å². The minimum absolute atomic E-state index is 0.550. The van der Waals surface area contributed by atoms with Gasteiger partial charge in [0, 0.05) is 19.5 Å². The third-order valence-corrected chi connectivity index (χ3v) is 3.57. The first-order valence-electron chi connectivity index (χ1n) is 6.36. The number of hydrogen-bond acceptors (Lipinski definition) is 2. The molecule has 0 aliphatic carbocycles. The van der Waals surface area contributed by atoms with E-state index in [1.165, 1.54) is 11.3 Å². The number of aromatic nitrogens is 2. The number of nitrogens with zero attached hydrogens (tertiary/aromatic N) is 2. The lowest BCUT2D eigenvalue weighted by molar-refractivity contribution is 0.582. The zero-order chi connectivity index (χ0) is 12.4. The van der Waals surface area contributed by atoms with Crippen LogP contribution in [0.4, 0.5) is 0 Å². The Morgan fingerprint density at radius 2 is 2.00 bits per heavy atom. The molecular formula is C14H21N3. The maximum atomic E-state index is 5.66. The number of rotatable bonds is 4. The summed E-state index contributed by atoms with van der Waals surface area (Å²) in [6.45, 7) is 5.02. The van der Waals surface area contributed by atoms with Crippen molar-refractivity contribution in [3.63, 3.8) is 0 Å². The monoisotopic (exact) mass is 231 g/mol. The van der Waals surface area contributed by atoms with E-state index < -0.39 is 0 Å². The molecule has 17 heavy (non-hydrogen) atoms. The van der Waals surface area contributed by atoms with Gasteiger partial charge in [0.25, 0.3) is 0 Å². The van der Waals surface area contributed by atoms with E-state index in [-0.39, 0.29) is 0 Å². The van der Waals surface area contributed by atoms with Crippen molar-refractivity contribution in [2.45, 2.75) is 39.2 Å². The third kappa shape index (κ3) is 2.07. The molecule has 0 radical (unpaired) electrons. The van der Waals surface area contributed by atoms with E-state index in [2.05, 4.69) is 43.7 Å². The molecule has 0 amide bonds. The summed E-state index contributed by atoms with van der Waals surface area (Å²) in [5.74, 6) is 1.74. The zero-order valence-corrected chi connectivity index (χ0v) is 10.9. The second-order valence-corrected chi connectivity index (χ2v) is 4.57. The first-order chi connectivity index (χ1) is 8.21. The lowest BCUT2D eigenvalue weighted by Gasteiger charge is -2.11. The third-order valence-electron chi connectivity index (χ3n) is 3.57. The zero-order valence-electron chi connectivity index (χ0n) is 10.9. The van der Waals surface area contributed by atoms with Crippen molar-refractivity contribution >= 4 is 11.0 Å². The van der Waals surface area contributed by atoms with E-state index in [1.54, 1.807) is 0 Å². The van der Waals surface area contributed by atoms with Crippen molar-refractivity contribution in [1.29, 1.82) is 0 Å². The van der Waals surface area contributed by atoms with E-state index in [4.69, 9.17) is 10.7 Å². The fourth-order valence-electron chi connectivity index (χ4n) is 2.41. The van der Waals surface area contributed by atoms with Crippen LogP contribution in [0, 0.1) is 0 Å². The predicted molar refractivity (Wildman–Crippen MR) is 71.9 cm³/mol. The van der Waals surface area contributed by atoms with Gasteiger partial charge in [0.05, 0.1) is 11.0 Å². The summed E-state index contributed by atoms with van der Waals surface area (Å²) in [6.07, 6.45) is 2.27. The Bertz CT molecular complexity index is 509. The molecule has 2 N–H and O–H groups in total. The second kappa shape index (κ2) is 4.88. The second-order valence-electron chi connectivity index (χ2n) is 4.57. The molecule has 0 fully saturated rings. The molecule has 92 valence electrons. The first kappa shape index (κ1) is 12.1. The number of fused-ring (bicyclic) bond motifs is 1. The molecule has 0 aliphatic heterocycles. The number of nitrogens with two attached hydrogens (primary N) is 1. The highest BCUT2D eigenvalue weighted by Crippen LogP contribution is 2.26. The topological polar surface area (TPSA) is 43.8 Å². The highest BCUT2D eigenvalue weighted by Gasteiger charge is 2.15. The fourth-order valence-corrected chi connectivity index (χ4v) is 2.41. The maximum Gasteiger partial charge on any atom is 0.112 e. The molecule has 0 atom stereocenters. The molecular weight excluding hydrogens is 210 g/mol. The van der Waals surface area contributed by atoms with Crippen LogP contribution in [0.2, 0.25) is 0 Å². The Balaban J connectivity index is 2.55. The summed E-state index contributed by atoms with van der Waals surface area (Å²) in [7, 11) is 2.10. The quantitative estimate of drug-likeness (QED) is 0.879. The Kier molecular flexibility index (Phi) is 3.48. The van der Waals surface area contributed by atoms with Crippen molar-refractivity contribution in [2.24, 2.45) is 12.8 Å². The number of hydrogen-bond donors (Lipinski definition) is 1. The smallest absolute Gasteiger partial charge is 0.112 e. The molecule has 2 rings (SSSR count). The van der Waals surface area contributed by atoms with E-state index in [9.17, 15) is 0 Å². The minimum Gasteiger partial charge on any atom is -0.331 e. The highest BCUT2D eigenvalue weighted by molar-refractivity contribution is 5.77. The Labute approximate surface area is 103 Å². The average Bonchev–Trinajstić information content (AvgIpc) is 2.68. The van der Waals surface area contributed by atoms with Crippen molar-refractivity contribution in [3.05, 3.63) is 29.6 Å². The normalized spacial score (nSPS) is 11.6. The van der Waals surface area contributed by atoms with Crippen LogP contribution in [0.3, 0.4) is 0 Å². The lowest BCUT2D eigenvalue weighted by atomic mass is 10.0. The minimum atomic E-state index is 0.550. The molecule has 0 bridgehead atoms. The van der Waals surface area contributed by atoms with Crippen LogP contribution in [0.15, 0.2) is 18.2 Å². The molecule has 3 nitrogen and oxygen atoms in total. The molecule has 0 saturated carbocycles. The largest absolute Gasteiger partial charge is 0.331 e. The lowest BCUT2D eigenvalue weighted by Crippen LogP contribution is -2.04. The molecule has 0 unspecified atom stereocenters. The van der Waals surface area contributed by atoms with Gasteiger partial charge in [-0.2, -0.15) is 0 Å².